The first-order valence-corrected chi connectivity index (χ1v) is 9.36. The highest BCUT2D eigenvalue weighted by Crippen LogP contribution is 2.35. The van der Waals surface area contributed by atoms with Crippen molar-refractivity contribution in [2.75, 3.05) is 36.0 Å². The Bertz CT molecular complexity index is 1060. The lowest BCUT2D eigenvalue weighted by molar-refractivity contribution is 0.533. The summed E-state index contributed by atoms with van der Waals surface area (Å²) in [6.45, 7) is 7.97. The molecule has 5 rings (SSSR count). The summed E-state index contributed by atoms with van der Waals surface area (Å²) in [5.74, 6) is 2.98. The highest BCUT2D eigenvalue weighted by Gasteiger charge is 2.41. The minimum atomic E-state index is -0.0265. The van der Waals surface area contributed by atoms with Crippen molar-refractivity contribution >= 4 is 17.3 Å². The number of aryl methyl sites for hydroxylation is 1. The van der Waals surface area contributed by atoms with E-state index in [1.807, 2.05) is 25.1 Å². The molecule has 0 spiro atoms. The van der Waals surface area contributed by atoms with Crippen LogP contribution in [0.1, 0.15) is 11.3 Å². The zero-order valence-electron chi connectivity index (χ0n) is 15.5. The van der Waals surface area contributed by atoms with Crippen molar-refractivity contribution in [3.63, 3.8) is 0 Å². The van der Waals surface area contributed by atoms with Gasteiger partial charge < -0.3 is 9.80 Å². The standard InChI is InChI=1S/C20H22N6O/c1-13-14(2)21-12-22-20(13)25-10-15-8-24(9-16(15)11-25)18-7-19(27)26-6-4-3-5-17(26)23-18/h3-7,12,15-16H,8-11H2,1-2H3. The van der Waals surface area contributed by atoms with Crippen LogP contribution < -0.4 is 15.4 Å². The number of fused-ring (bicyclic) bond motifs is 2. The number of anilines is 2. The summed E-state index contributed by atoms with van der Waals surface area (Å²) >= 11 is 0. The van der Waals surface area contributed by atoms with E-state index in [9.17, 15) is 4.79 Å². The molecule has 0 amide bonds. The summed E-state index contributed by atoms with van der Waals surface area (Å²) in [5.41, 5.74) is 2.88. The SMILES string of the molecule is Cc1ncnc(N2CC3CN(c4cc(=O)n5ccccc5n4)CC3C2)c1C. The van der Waals surface area contributed by atoms with Gasteiger partial charge in [-0.3, -0.25) is 9.20 Å². The Morgan fingerprint density at radius 2 is 1.74 bits per heavy atom. The largest absolute Gasteiger partial charge is 0.356 e. The first-order chi connectivity index (χ1) is 13.1. The van der Waals surface area contributed by atoms with Crippen molar-refractivity contribution in [1.29, 1.82) is 0 Å². The van der Waals surface area contributed by atoms with Crippen LogP contribution in [0, 0.1) is 25.7 Å². The minimum Gasteiger partial charge on any atom is -0.356 e. The zero-order valence-corrected chi connectivity index (χ0v) is 15.5. The van der Waals surface area contributed by atoms with Gasteiger partial charge in [0.05, 0.1) is 0 Å². The predicted octanol–water partition coefficient (Wildman–Crippen LogP) is 1.67. The number of aromatic nitrogens is 4. The fourth-order valence-electron chi connectivity index (χ4n) is 4.40. The van der Waals surface area contributed by atoms with E-state index in [0.29, 0.717) is 17.5 Å². The van der Waals surface area contributed by atoms with Gasteiger partial charge in [-0.05, 0) is 26.0 Å². The van der Waals surface area contributed by atoms with E-state index in [4.69, 9.17) is 4.98 Å². The molecule has 2 aliphatic rings. The van der Waals surface area contributed by atoms with E-state index in [1.165, 1.54) is 5.56 Å². The van der Waals surface area contributed by atoms with Crippen molar-refractivity contribution in [3.05, 3.63) is 58.4 Å². The van der Waals surface area contributed by atoms with E-state index >= 15 is 0 Å². The molecule has 0 N–H and O–H groups in total. The molecule has 0 radical (unpaired) electrons. The van der Waals surface area contributed by atoms with Crippen LogP contribution in [0.4, 0.5) is 11.6 Å². The van der Waals surface area contributed by atoms with Gasteiger partial charge in [-0.2, -0.15) is 0 Å². The van der Waals surface area contributed by atoms with Crippen LogP contribution in [-0.4, -0.2) is 45.5 Å². The normalized spacial score (nSPS) is 21.9. The van der Waals surface area contributed by atoms with Gasteiger partial charge in [0.2, 0.25) is 0 Å². The van der Waals surface area contributed by atoms with Crippen LogP contribution in [0.15, 0.2) is 41.6 Å². The lowest BCUT2D eigenvalue weighted by Gasteiger charge is -2.24. The van der Waals surface area contributed by atoms with Gasteiger partial charge in [-0.15, -0.1) is 0 Å². The highest BCUT2D eigenvalue weighted by molar-refractivity contribution is 5.52. The van der Waals surface area contributed by atoms with E-state index < -0.39 is 0 Å². The molecule has 7 heteroatoms. The smallest absolute Gasteiger partial charge is 0.259 e. The molecule has 0 aliphatic carbocycles. The first kappa shape index (κ1) is 16.2. The molecule has 0 saturated carbocycles. The zero-order chi connectivity index (χ0) is 18.5. The summed E-state index contributed by atoms with van der Waals surface area (Å²) in [6.07, 6.45) is 3.42. The Hall–Kier alpha value is -2.96. The van der Waals surface area contributed by atoms with Crippen LogP contribution >= 0.6 is 0 Å². The summed E-state index contributed by atoms with van der Waals surface area (Å²) in [4.78, 5) is 30.5. The lowest BCUT2D eigenvalue weighted by atomic mass is 10.0. The molecule has 138 valence electrons. The molecule has 7 nitrogen and oxygen atoms in total. The lowest BCUT2D eigenvalue weighted by Crippen LogP contribution is -2.31. The molecule has 2 aliphatic heterocycles. The number of rotatable bonds is 2. The Morgan fingerprint density at radius 1 is 1.00 bits per heavy atom. The molecular formula is C20H22N6O. The molecule has 2 unspecified atom stereocenters. The van der Waals surface area contributed by atoms with Crippen LogP contribution in [0.25, 0.3) is 5.65 Å². The molecule has 0 bridgehead atoms. The topological polar surface area (TPSA) is 66.6 Å². The maximum atomic E-state index is 12.4. The second kappa shape index (κ2) is 6.04. The number of pyridine rings is 1. The van der Waals surface area contributed by atoms with Gasteiger partial charge in [0.1, 0.15) is 23.6 Å². The van der Waals surface area contributed by atoms with E-state index in [1.54, 1.807) is 23.0 Å². The van der Waals surface area contributed by atoms with Crippen LogP contribution in [0.3, 0.4) is 0 Å². The maximum absolute atomic E-state index is 12.4. The molecule has 5 heterocycles. The molecule has 2 saturated heterocycles. The van der Waals surface area contributed by atoms with Gasteiger partial charge in [0, 0.05) is 61.5 Å². The van der Waals surface area contributed by atoms with Crippen LogP contribution in [0.2, 0.25) is 0 Å². The summed E-state index contributed by atoms with van der Waals surface area (Å²) in [7, 11) is 0. The Balaban J connectivity index is 1.37. The molecule has 3 aromatic heterocycles. The average molecular weight is 362 g/mol. The predicted molar refractivity (Wildman–Crippen MR) is 104 cm³/mol. The van der Waals surface area contributed by atoms with Gasteiger partial charge in [-0.25, -0.2) is 15.0 Å². The molecule has 2 atom stereocenters. The summed E-state index contributed by atoms with van der Waals surface area (Å²) in [5, 5.41) is 0. The van der Waals surface area contributed by atoms with E-state index in [2.05, 4.69) is 26.7 Å². The third-order valence-corrected chi connectivity index (χ3v) is 5.98. The average Bonchev–Trinajstić information content (AvgIpc) is 3.23. The number of hydrogen-bond acceptors (Lipinski definition) is 6. The van der Waals surface area contributed by atoms with E-state index in [-0.39, 0.29) is 5.56 Å². The van der Waals surface area contributed by atoms with Gasteiger partial charge in [-0.1, -0.05) is 6.07 Å². The molecule has 3 aromatic rings. The maximum Gasteiger partial charge on any atom is 0.259 e. The van der Waals surface area contributed by atoms with Crippen molar-refractivity contribution < 1.29 is 0 Å². The van der Waals surface area contributed by atoms with Crippen molar-refractivity contribution in [2.45, 2.75) is 13.8 Å². The van der Waals surface area contributed by atoms with Gasteiger partial charge in [0.15, 0.2) is 0 Å². The third kappa shape index (κ3) is 2.65. The van der Waals surface area contributed by atoms with Gasteiger partial charge in [0.25, 0.3) is 5.56 Å². The number of nitrogens with zero attached hydrogens (tertiary/aromatic N) is 6. The van der Waals surface area contributed by atoms with Crippen molar-refractivity contribution in [3.8, 4) is 0 Å². The van der Waals surface area contributed by atoms with Crippen LogP contribution in [-0.2, 0) is 0 Å². The fourth-order valence-corrected chi connectivity index (χ4v) is 4.40. The molecule has 0 aromatic carbocycles. The molecular weight excluding hydrogens is 340 g/mol. The van der Waals surface area contributed by atoms with Crippen LogP contribution in [0.5, 0.6) is 0 Å². The van der Waals surface area contributed by atoms with Crippen molar-refractivity contribution in [2.24, 2.45) is 11.8 Å². The molecule has 27 heavy (non-hydrogen) atoms. The van der Waals surface area contributed by atoms with Gasteiger partial charge >= 0.3 is 0 Å². The Kier molecular flexibility index (Phi) is 3.63. The Labute approximate surface area is 157 Å². The monoisotopic (exact) mass is 362 g/mol. The summed E-state index contributed by atoms with van der Waals surface area (Å²) in [6, 6.07) is 7.29. The number of hydrogen-bond donors (Lipinski definition) is 0. The highest BCUT2D eigenvalue weighted by atomic mass is 16.1. The third-order valence-electron chi connectivity index (χ3n) is 5.98. The second-order valence-electron chi connectivity index (χ2n) is 7.62. The second-order valence-corrected chi connectivity index (χ2v) is 7.62. The fraction of sp³-hybridized carbons (Fsp3) is 0.400. The Morgan fingerprint density at radius 3 is 2.52 bits per heavy atom. The van der Waals surface area contributed by atoms with Crippen molar-refractivity contribution in [1.82, 2.24) is 19.4 Å². The molecule has 2 fully saturated rings. The quantitative estimate of drug-likeness (QED) is 0.691. The summed E-state index contributed by atoms with van der Waals surface area (Å²) < 4.78 is 1.59. The first-order valence-electron chi connectivity index (χ1n) is 9.36. The van der Waals surface area contributed by atoms with E-state index in [0.717, 1.165) is 43.5 Å². The minimum absolute atomic E-state index is 0.0265.